The average molecular weight is 388 g/mol. The lowest BCUT2D eigenvalue weighted by molar-refractivity contribution is 0.570. The van der Waals surface area contributed by atoms with Crippen LogP contribution >= 0.6 is 11.3 Å². The van der Waals surface area contributed by atoms with Crippen molar-refractivity contribution in [1.82, 2.24) is 4.72 Å². The number of sulfonamides is 1. The molecule has 0 saturated carbocycles. The highest BCUT2D eigenvalue weighted by atomic mass is 32.2. The molecule has 2 rings (SSSR count). The van der Waals surface area contributed by atoms with E-state index >= 15 is 0 Å². The molecule has 0 amide bonds. The Morgan fingerprint density at radius 2 is 1.83 bits per heavy atom. The van der Waals surface area contributed by atoms with Gasteiger partial charge in [0.25, 0.3) is 0 Å². The lowest BCUT2D eigenvalue weighted by Gasteiger charge is -2.19. The van der Waals surface area contributed by atoms with E-state index in [9.17, 15) is 16.8 Å². The Kier molecular flexibility index (Phi) is 5.85. The van der Waals surface area contributed by atoms with Crippen molar-refractivity contribution >= 4 is 31.2 Å². The van der Waals surface area contributed by atoms with Gasteiger partial charge in [-0.25, -0.2) is 21.6 Å². The second-order valence-corrected chi connectivity index (χ2v) is 10.7. The molecule has 2 aromatic rings. The minimum Gasteiger partial charge on any atom is -0.223 e. The molecule has 132 valence electrons. The van der Waals surface area contributed by atoms with Gasteiger partial charge in [0.2, 0.25) is 10.0 Å². The molecule has 8 heteroatoms. The number of thiophene rings is 1. The van der Waals surface area contributed by atoms with Gasteiger partial charge in [-0.05, 0) is 49.4 Å². The number of benzene rings is 1. The van der Waals surface area contributed by atoms with Crippen molar-refractivity contribution in [2.45, 2.75) is 30.9 Å². The smallest absolute Gasteiger partial charge is 0.211 e. The SMILES string of the molecule is CCS(=O)(=O)NC[C@@H](c1cccs1)S(=O)(=O)c1cc(C)ccc1C. The Morgan fingerprint density at radius 3 is 2.42 bits per heavy atom. The van der Waals surface area contributed by atoms with Gasteiger partial charge in [-0.1, -0.05) is 18.2 Å². The van der Waals surface area contributed by atoms with Crippen molar-refractivity contribution in [2.24, 2.45) is 0 Å². The summed E-state index contributed by atoms with van der Waals surface area (Å²) in [6, 6.07) is 8.75. The van der Waals surface area contributed by atoms with Crippen LogP contribution in [0.5, 0.6) is 0 Å². The lowest BCUT2D eigenvalue weighted by Crippen LogP contribution is -2.32. The van der Waals surface area contributed by atoms with E-state index in [-0.39, 0.29) is 17.2 Å². The molecule has 1 N–H and O–H groups in total. The van der Waals surface area contributed by atoms with Crippen LogP contribution in [0.15, 0.2) is 40.6 Å². The standard InChI is InChI=1S/C16H21NO4S3/c1-4-23(18,19)17-11-16(14-6-5-9-22-14)24(20,21)15-10-12(2)7-8-13(15)3/h5-10,16-17H,4,11H2,1-3H3/t16-/m0/s1. The van der Waals surface area contributed by atoms with E-state index in [1.807, 2.05) is 13.0 Å². The summed E-state index contributed by atoms with van der Waals surface area (Å²) in [4.78, 5) is 0.867. The van der Waals surface area contributed by atoms with Crippen LogP contribution in [0.3, 0.4) is 0 Å². The molecule has 5 nitrogen and oxygen atoms in total. The monoisotopic (exact) mass is 387 g/mol. The van der Waals surface area contributed by atoms with Gasteiger partial charge in [0.15, 0.2) is 9.84 Å². The van der Waals surface area contributed by atoms with Gasteiger partial charge in [0, 0.05) is 11.4 Å². The number of hydrogen-bond donors (Lipinski definition) is 1. The van der Waals surface area contributed by atoms with E-state index in [1.165, 1.54) is 18.3 Å². The van der Waals surface area contributed by atoms with Crippen molar-refractivity contribution in [3.05, 3.63) is 51.7 Å². The van der Waals surface area contributed by atoms with E-state index in [2.05, 4.69) is 4.72 Å². The lowest BCUT2D eigenvalue weighted by atomic mass is 10.2. The topological polar surface area (TPSA) is 80.3 Å². The van der Waals surface area contributed by atoms with E-state index in [0.717, 1.165) is 5.56 Å². The third kappa shape index (κ3) is 4.24. The molecule has 24 heavy (non-hydrogen) atoms. The number of hydrogen-bond acceptors (Lipinski definition) is 5. The Morgan fingerprint density at radius 1 is 1.12 bits per heavy atom. The molecule has 1 aromatic heterocycles. The van der Waals surface area contributed by atoms with Crippen molar-refractivity contribution in [3.63, 3.8) is 0 Å². The fourth-order valence-electron chi connectivity index (χ4n) is 2.31. The first-order chi connectivity index (χ1) is 11.2. The van der Waals surface area contributed by atoms with E-state index in [1.54, 1.807) is 36.6 Å². The Balaban J connectivity index is 2.48. The predicted molar refractivity (Wildman–Crippen MR) is 97.6 cm³/mol. The zero-order valence-electron chi connectivity index (χ0n) is 13.8. The Hall–Kier alpha value is -1.22. The summed E-state index contributed by atoms with van der Waals surface area (Å²) in [5.74, 6) is -0.0896. The molecule has 0 aliphatic heterocycles. The third-order valence-corrected chi connectivity index (χ3v) is 8.48. The molecule has 0 fully saturated rings. The first kappa shape index (κ1) is 19.1. The summed E-state index contributed by atoms with van der Waals surface area (Å²) in [6.07, 6.45) is 0. The maximum atomic E-state index is 13.2. The van der Waals surface area contributed by atoms with Gasteiger partial charge >= 0.3 is 0 Å². The minimum atomic E-state index is -3.72. The second kappa shape index (κ2) is 7.35. The molecule has 0 unspecified atom stereocenters. The average Bonchev–Trinajstić information content (AvgIpc) is 3.03. The van der Waals surface area contributed by atoms with Gasteiger partial charge in [-0.3, -0.25) is 0 Å². The number of aryl methyl sites for hydroxylation is 2. The van der Waals surface area contributed by atoms with Crippen LogP contribution in [-0.4, -0.2) is 29.1 Å². The summed E-state index contributed by atoms with van der Waals surface area (Å²) in [7, 11) is -7.20. The molecule has 0 radical (unpaired) electrons. The second-order valence-electron chi connectivity index (χ2n) is 5.57. The molecule has 0 aliphatic rings. The van der Waals surface area contributed by atoms with Crippen molar-refractivity contribution in [2.75, 3.05) is 12.3 Å². The summed E-state index contributed by atoms with van der Waals surface area (Å²) < 4.78 is 52.3. The van der Waals surface area contributed by atoms with Crippen LogP contribution in [-0.2, 0) is 19.9 Å². The highest BCUT2D eigenvalue weighted by Gasteiger charge is 2.32. The fraction of sp³-hybridized carbons (Fsp3) is 0.375. The molecular weight excluding hydrogens is 366 g/mol. The summed E-state index contributed by atoms with van der Waals surface area (Å²) in [5, 5.41) is 0.842. The Labute approximate surface area is 147 Å². The van der Waals surface area contributed by atoms with Gasteiger partial charge in [0.05, 0.1) is 10.6 Å². The van der Waals surface area contributed by atoms with Gasteiger partial charge in [-0.2, -0.15) is 0 Å². The quantitative estimate of drug-likeness (QED) is 0.792. The van der Waals surface area contributed by atoms with Crippen LogP contribution in [0.2, 0.25) is 0 Å². The zero-order valence-corrected chi connectivity index (χ0v) is 16.3. The van der Waals surface area contributed by atoms with Crippen LogP contribution in [0.4, 0.5) is 0 Å². The summed E-state index contributed by atoms with van der Waals surface area (Å²) in [5.41, 5.74) is 1.50. The fourth-order valence-corrected chi connectivity index (χ4v) is 6.15. The van der Waals surface area contributed by atoms with Gasteiger partial charge < -0.3 is 0 Å². The van der Waals surface area contributed by atoms with E-state index in [0.29, 0.717) is 10.4 Å². The molecule has 0 bridgehead atoms. The van der Waals surface area contributed by atoms with Gasteiger partial charge in [0.1, 0.15) is 5.25 Å². The van der Waals surface area contributed by atoms with Crippen molar-refractivity contribution in [3.8, 4) is 0 Å². The van der Waals surface area contributed by atoms with Crippen LogP contribution in [0.1, 0.15) is 28.2 Å². The minimum absolute atomic E-state index is 0.0896. The first-order valence-electron chi connectivity index (χ1n) is 7.49. The van der Waals surface area contributed by atoms with E-state index < -0.39 is 25.1 Å². The van der Waals surface area contributed by atoms with E-state index in [4.69, 9.17) is 0 Å². The maximum Gasteiger partial charge on any atom is 0.211 e. The van der Waals surface area contributed by atoms with Crippen molar-refractivity contribution < 1.29 is 16.8 Å². The van der Waals surface area contributed by atoms with Crippen LogP contribution in [0.25, 0.3) is 0 Å². The number of sulfone groups is 1. The normalized spacial score (nSPS) is 13.8. The molecule has 0 saturated heterocycles. The highest BCUT2D eigenvalue weighted by Crippen LogP contribution is 2.33. The third-order valence-electron chi connectivity index (χ3n) is 3.75. The molecule has 0 aliphatic carbocycles. The van der Waals surface area contributed by atoms with Crippen LogP contribution in [0, 0.1) is 13.8 Å². The Bertz CT molecular complexity index is 901. The molecule has 0 spiro atoms. The van der Waals surface area contributed by atoms with Crippen molar-refractivity contribution in [1.29, 1.82) is 0 Å². The highest BCUT2D eigenvalue weighted by molar-refractivity contribution is 7.92. The maximum absolute atomic E-state index is 13.2. The first-order valence-corrected chi connectivity index (χ1v) is 11.6. The summed E-state index contributed by atoms with van der Waals surface area (Å²) in [6.45, 7) is 4.92. The predicted octanol–water partition coefficient (Wildman–Crippen LogP) is 2.82. The van der Waals surface area contributed by atoms with Crippen LogP contribution < -0.4 is 4.72 Å². The van der Waals surface area contributed by atoms with Gasteiger partial charge in [-0.15, -0.1) is 11.3 Å². The molecule has 1 atom stereocenters. The zero-order chi connectivity index (χ0) is 18.0. The largest absolute Gasteiger partial charge is 0.223 e. The molecule has 1 heterocycles. The summed E-state index contributed by atoms with van der Waals surface area (Å²) >= 11 is 1.31. The number of rotatable bonds is 7. The molecular formula is C16H21NO4S3. The number of nitrogens with one attached hydrogen (secondary N) is 1. The molecule has 1 aromatic carbocycles.